The maximum absolute atomic E-state index is 3.80. The smallest absolute Gasteiger partial charge is 0.00672 e. The Morgan fingerprint density at radius 2 is 1.83 bits per heavy atom. The van der Waals surface area contributed by atoms with Gasteiger partial charge in [0.2, 0.25) is 0 Å². The fourth-order valence-electron chi connectivity index (χ4n) is 3.48. The summed E-state index contributed by atoms with van der Waals surface area (Å²) in [6.45, 7) is 10.1. The standard InChI is InChI=1S/C16H32N2/c1-16(2)9-5-7-15(8-10-16)17-11-6-14-18-12-3-4-13-18/h15,17H,3-14H2,1-2H3. The Balaban J connectivity index is 1.55. The van der Waals surface area contributed by atoms with E-state index in [2.05, 4.69) is 24.1 Å². The van der Waals surface area contributed by atoms with E-state index in [1.807, 2.05) is 0 Å². The van der Waals surface area contributed by atoms with Crippen molar-refractivity contribution < 1.29 is 0 Å². The van der Waals surface area contributed by atoms with Gasteiger partial charge in [0.15, 0.2) is 0 Å². The van der Waals surface area contributed by atoms with E-state index in [4.69, 9.17) is 0 Å². The number of nitrogens with one attached hydrogen (secondary N) is 1. The summed E-state index contributed by atoms with van der Waals surface area (Å²) in [5.41, 5.74) is 0.589. The maximum Gasteiger partial charge on any atom is 0.00672 e. The zero-order chi connectivity index (χ0) is 12.8. The molecule has 1 saturated carbocycles. The summed E-state index contributed by atoms with van der Waals surface area (Å²) in [5.74, 6) is 0. The molecule has 2 aliphatic rings. The van der Waals surface area contributed by atoms with Crippen LogP contribution in [-0.2, 0) is 0 Å². The van der Waals surface area contributed by atoms with Gasteiger partial charge in [-0.2, -0.15) is 0 Å². The molecule has 2 fully saturated rings. The van der Waals surface area contributed by atoms with E-state index in [1.54, 1.807) is 0 Å². The molecule has 0 amide bonds. The van der Waals surface area contributed by atoms with Crippen molar-refractivity contribution in [3.05, 3.63) is 0 Å². The molecule has 2 rings (SSSR count). The molecule has 2 nitrogen and oxygen atoms in total. The van der Waals surface area contributed by atoms with Crippen LogP contribution in [0.4, 0.5) is 0 Å². The van der Waals surface area contributed by atoms with E-state index in [9.17, 15) is 0 Å². The van der Waals surface area contributed by atoms with Crippen LogP contribution in [0.15, 0.2) is 0 Å². The molecular formula is C16H32N2. The fourth-order valence-corrected chi connectivity index (χ4v) is 3.48. The Bertz CT molecular complexity index is 231. The van der Waals surface area contributed by atoms with Gasteiger partial charge in [-0.15, -0.1) is 0 Å². The lowest BCUT2D eigenvalue weighted by molar-refractivity contribution is 0.306. The van der Waals surface area contributed by atoms with Gasteiger partial charge in [-0.25, -0.2) is 0 Å². The topological polar surface area (TPSA) is 15.3 Å². The number of hydrogen-bond donors (Lipinski definition) is 1. The molecule has 18 heavy (non-hydrogen) atoms. The van der Waals surface area contributed by atoms with Crippen molar-refractivity contribution in [1.82, 2.24) is 10.2 Å². The molecule has 1 unspecified atom stereocenters. The van der Waals surface area contributed by atoms with Crippen LogP contribution in [0.25, 0.3) is 0 Å². The zero-order valence-electron chi connectivity index (χ0n) is 12.5. The Morgan fingerprint density at radius 3 is 2.61 bits per heavy atom. The lowest BCUT2D eigenvalue weighted by atomic mass is 9.85. The molecule has 0 aromatic carbocycles. The van der Waals surface area contributed by atoms with Gasteiger partial charge in [0.05, 0.1) is 0 Å². The SMILES string of the molecule is CC1(C)CCCC(NCCCN2CCCC2)CC1. The van der Waals surface area contributed by atoms with Gasteiger partial charge in [-0.3, -0.25) is 0 Å². The molecule has 1 heterocycles. The van der Waals surface area contributed by atoms with Crippen LogP contribution in [0.2, 0.25) is 0 Å². The van der Waals surface area contributed by atoms with Crippen molar-refractivity contribution >= 4 is 0 Å². The highest BCUT2D eigenvalue weighted by atomic mass is 15.1. The third-order valence-electron chi connectivity index (χ3n) is 4.86. The summed E-state index contributed by atoms with van der Waals surface area (Å²) in [4.78, 5) is 2.62. The Kier molecular flexibility index (Phi) is 5.50. The van der Waals surface area contributed by atoms with Gasteiger partial charge in [0.25, 0.3) is 0 Å². The predicted molar refractivity (Wildman–Crippen MR) is 78.9 cm³/mol. The second kappa shape index (κ2) is 6.91. The first-order valence-corrected chi connectivity index (χ1v) is 8.11. The van der Waals surface area contributed by atoms with Crippen molar-refractivity contribution in [3.8, 4) is 0 Å². The van der Waals surface area contributed by atoms with Crippen molar-refractivity contribution in [2.75, 3.05) is 26.2 Å². The molecule has 0 aromatic rings. The largest absolute Gasteiger partial charge is 0.314 e. The molecule has 1 N–H and O–H groups in total. The summed E-state index contributed by atoms with van der Waals surface area (Å²) in [5, 5.41) is 3.80. The molecule has 0 bridgehead atoms. The average Bonchev–Trinajstić information content (AvgIpc) is 2.77. The van der Waals surface area contributed by atoms with Crippen LogP contribution in [0, 0.1) is 5.41 Å². The minimum atomic E-state index is 0.589. The first-order chi connectivity index (χ1) is 8.66. The van der Waals surface area contributed by atoms with Crippen LogP contribution in [0.1, 0.15) is 65.2 Å². The number of likely N-dealkylation sites (tertiary alicyclic amines) is 1. The highest BCUT2D eigenvalue weighted by molar-refractivity contribution is 4.79. The first-order valence-electron chi connectivity index (χ1n) is 8.11. The Labute approximate surface area is 114 Å². The van der Waals surface area contributed by atoms with Crippen molar-refractivity contribution in [2.45, 2.75) is 71.3 Å². The van der Waals surface area contributed by atoms with Crippen LogP contribution in [-0.4, -0.2) is 37.1 Å². The van der Waals surface area contributed by atoms with Gasteiger partial charge in [0, 0.05) is 6.04 Å². The third kappa shape index (κ3) is 4.89. The molecular weight excluding hydrogens is 220 g/mol. The van der Waals surface area contributed by atoms with Gasteiger partial charge >= 0.3 is 0 Å². The second-order valence-corrected chi connectivity index (χ2v) is 7.15. The van der Waals surface area contributed by atoms with Crippen LogP contribution in [0.3, 0.4) is 0 Å². The summed E-state index contributed by atoms with van der Waals surface area (Å²) in [6.07, 6.45) is 11.2. The quantitative estimate of drug-likeness (QED) is 0.596. The fraction of sp³-hybridized carbons (Fsp3) is 1.00. The number of hydrogen-bond acceptors (Lipinski definition) is 2. The van der Waals surface area contributed by atoms with Crippen molar-refractivity contribution in [2.24, 2.45) is 5.41 Å². The highest BCUT2D eigenvalue weighted by Gasteiger charge is 2.23. The molecule has 1 aliphatic heterocycles. The zero-order valence-corrected chi connectivity index (χ0v) is 12.5. The predicted octanol–water partition coefficient (Wildman–Crippen LogP) is 3.42. The highest BCUT2D eigenvalue weighted by Crippen LogP contribution is 2.33. The summed E-state index contributed by atoms with van der Waals surface area (Å²) in [6, 6.07) is 0.797. The van der Waals surface area contributed by atoms with E-state index < -0.39 is 0 Å². The summed E-state index contributed by atoms with van der Waals surface area (Å²) >= 11 is 0. The van der Waals surface area contributed by atoms with Gasteiger partial charge in [-0.1, -0.05) is 20.3 Å². The van der Waals surface area contributed by atoms with E-state index in [0.717, 1.165) is 6.04 Å². The van der Waals surface area contributed by atoms with Gasteiger partial charge < -0.3 is 10.2 Å². The number of nitrogens with zero attached hydrogens (tertiary/aromatic N) is 1. The molecule has 106 valence electrons. The van der Waals surface area contributed by atoms with Gasteiger partial charge in [0.1, 0.15) is 0 Å². The molecule has 0 spiro atoms. The van der Waals surface area contributed by atoms with Crippen LogP contribution >= 0.6 is 0 Å². The molecule has 0 radical (unpaired) electrons. The second-order valence-electron chi connectivity index (χ2n) is 7.15. The van der Waals surface area contributed by atoms with Crippen molar-refractivity contribution in [3.63, 3.8) is 0 Å². The van der Waals surface area contributed by atoms with E-state index >= 15 is 0 Å². The molecule has 1 saturated heterocycles. The van der Waals surface area contributed by atoms with E-state index in [1.165, 1.54) is 77.5 Å². The molecule has 2 heteroatoms. The average molecular weight is 252 g/mol. The van der Waals surface area contributed by atoms with E-state index in [-0.39, 0.29) is 0 Å². The minimum Gasteiger partial charge on any atom is -0.314 e. The third-order valence-corrected chi connectivity index (χ3v) is 4.86. The normalized spacial score (nSPS) is 29.3. The summed E-state index contributed by atoms with van der Waals surface area (Å²) in [7, 11) is 0. The van der Waals surface area contributed by atoms with E-state index in [0.29, 0.717) is 5.41 Å². The van der Waals surface area contributed by atoms with Crippen molar-refractivity contribution in [1.29, 1.82) is 0 Å². The maximum atomic E-state index is 3.80. The minimum absolute atomic E-state index is 0.589. The Morgan fingerprint density at radius 1 is 1.06 bits per heavy atom. The lowest BCUT2D eigenvalue weighted by Crippen LogP contribution is -2.32. The monoisotopic (exact) mass is 252 g/mol. The Hall–Kier alpha value is -0.0800. The molecule has 0 aromatic heterocycles. The van der Waals surface area contributed by atoms with Gasteiger partial charge in [-0.05, 0) is 76.5 Å². The lowest BCUT2D eigenvalue weighted by Gasteiger charge is -2.22. The van der Waals surface area contributed by atoms with Crippen LogP contribution in [0.5, 0.6) is 0 Å². The number of rotatable bonds is 5. The first kappa shape index (κ1) is 14.3. The summed E-state index contributed by atoms with van der Waals surface area (Å²) < 4.78 is 0. The molecule has 1 aliphatic carbocycles. The molecule has 1 atom stereocenters. The van der Waals surface area contributed by atoms with Crippen LogP contribution < -0.4 is 5.32 Å².